The van der Waals surface area contributed by atoms with E-state index in [0.717, 1.165) is 42.9 Å². The van der Waals surface area contributed by atoms with Crippen molar-refractivity contribution in [3.05, 3.63) is 35.9 Å². The Balaban J connectivity index is 1.31. The zero-order chi connectivity index (χ0) is 24.3. The largest absolute Gasteiger partial charge is 0.391 e. The van der Waals surface area contributed by atoms with Crippen molar-refractivity contribution >= 4 is 5.91 Å². The summed E-state index contributed by atoms with van der Waals surface area (Å²) in [5.74, 6) is 3.41. The van der Waals surface area contributed by atoms with Crippen molar-refractivity contribution in [1.82, 2.24) is 10.2 Å². The summed E-state index contributed by atoms with van der Waals surface area (Å²) < 4.78 is 0. The third-order valence-corrected chi connectivity index (χ3v) is 11.6. The maximum atomic E-state index is 12.8. The molecule has 4 saturated carbocycles. The summed E-state index contributed by atoms with van der Waals surface area (Å²) in [6.45, 7) is 7.54. The Bertz CT molecular complexity index is 887. The van der Waals surface area contributed by atoms with Gasteiger partial charge in [-0.25, -0.2) is 0 Å². The molecule has 2 N–H and O–H groups in total. The van der Waals surface area contributed by atoms with Crippen molar-refractivity contribution in [1.29, 1.82) is 0 Å². The molecule has 1 aromatic rings. The second kappa shape index (κ2) is 8.92. The summed E-state index contributed by atoms with van der Waals surface area (Å²) in [7, 11) is 4.49. The average molecular weight is 467 g/mol. The number of hydrogen-bond donors (Lipinski definition) is 2. The highest BCUT2D eigenvalue weighted by atomic mass is 16.3. The first-order valence-corrected chi connectivity index (χ1v) is 13.9. The highest BCUT2D eigenvalue weighted by Crippen LogP contribution is 2.67. The minimum absolute atomic E-state index is 0.0534. The molecule has 4 heteroatoms. The predicted octanol–water partition coefficient (Wildman–Crippen LogP) is 5.36. The quantitative estimate of drug-likeness (QED) is 0.628. The fraction of sp³-hybridized carbons (Fsp3) is 0.767. The molecule has 0 saturated heterocycles. The monoisotopic (exact) mass is 466 g/mol. The van der Waals surface area contributed by atoms with Crippen LogP contribution in [0.15, 0.2) is 30.3 Å². The minimum Gasteiger partial charge on any atom is -0.391 e. The van der Waals surface area contributed by atoms with E-state index in [1.54, 1.807) is 0 Å². The number of nitrogens with one attached hydrogen (secondary N) is 1. The van der Waals surface area contributed by atoms with Crippen LogP contribution in [0.5, 0.6) is 0 Å². The standard InChI is InChI=1S/C30H46N2O2/c1-19(32(4)5)22-13-14-23-21-11-12-25-27(33)26(31-28(34)20-9-7-6-8-10-20)16-18-30(25,3)24(21)15-17-29(22,23)2/h6-10,19,21-27,33H,11-18H2,1-5H3,(H,31,34)/t19-,21-,22-,23-,24+,25+,26-,27+,29+,30+/m0/s1. The van der Waals surface area contributed by atoms with Crippen LogP contribution < -0.4 is 5.32 Å². The van der Waals surface area contributed by atoms with Gasteiger partial charge >= 0.3 is 0 Å². The highest BCUT2D eigenvalue weighted by Gasteiger charge is 2.62. The Labute approximate surface area is 206 Å². The van der Waals surface area contributed by atoms with E-state index in [2.05, 4.69) is 45.1 Å². The van der Waals surface area contributed by atoms with Gasteiger partial charge in [0.1, 0.15) is 0 Å². The van der Waals surface area contributed by atoms with Gasteiger partial charge in [-0.15, -0.1) is 0 Å². The normalized spacial score (nSPS) is 44.6. The minimum atomic E-state index is -0.439. The molecule has 0 heterocycles. The lowest BCUT2D eigenvalue weighted by Crippen LogP contribution is -2.61. The van der Waals surface area contributed by atoms with E-state index >= 15 is 0 Å². The van der Waals surface area contributed by atoms with Crippen LogP contribution in [-0.2, 0) is 0 Å². The van der Waals surface area contributed by atoms with E-state index in [-0.39, 0.29) is 17.4 Å². The van der Waals surface area contributed by atoms with E-state index in [1.807, 2.05) is 30.3 Å². The lowest BCUT2D eigenvalue weighted by molar-refractivity contribution is -0.152. The molecule has 5 rings (SSSR count). The summed E-state index contributed by atoms with van der Waals surface area (Å²) >= 11 is 0. The summed E-state index contributed by atoms with van der Waals surface area (Å²) in [5, 5.41) is 14.7. The van der Waals surface area contributed by atoms with Crippen molar-refractivity contribution in [2.24, 2.45) is 40.4 Å². The number of carbonyl (C=O) groups excluding carboxylic acids is 1. The second-order valence-electron chi connectivity index (χ2n) is 13.0. The van der Waals surface area contributed by atoms with E-state index in [4.69, 9.17) is 0 Å². The summed E-state index contributed by atoms with van der Waals surface area (Å²) in [6.07, 6.45) is 9.35. The lowest BCUT2D eigenvalue weighted by atomic mass is 9.44. The molecular formula is C30H46N2O2. The molecule has 0 aromatic heterocycles. The van der Waals surface area contributed by atoms with Crippen molar-refractivity contribution in [2.45, 2.75) is 90.3 Å². The number of amides is 1. The van der Waals surface area contributed by atoms with Crippen molar-refractivity contribution in [3.8, 4) is 0 Å². The second-order valence-corrected chi connectivity index (χ2v) is 13.0. The van der Waals surface area contributed by atoms with Crippen LogP contribution in [0.4, 0.5) is 0 Å². The highest BCUT2D eigenvalue weighted by molar-refractivity contribution is 5.94. The maximum absolute atomic E-state index is 12.8. The van der Waals surface area contributed by atoms with E-state index in [1.165, 1.54) is 32.1 Å². The van der Waals surface area contributed by atoms with E-state index in [0.29, 0.717) is 22.9 Å². The Morgan fingerprint density at radius 2 is 1.59 bits per heavy atom. The van der Waals surface area contributed by atoms with Crippen LogP contribution in [0.2, 0.25) is 0 Å². The third kappa shape index (κ3) is 3.75. The Morgan fingerprint density at radius 3 is 2.29 bits per heavy atom. The lowest BCUT2D eigenvalue weighted by Gasteiger charge is -2.62. The smallest absolute Gasteiger partial charge is 0.251 e. The van der Waals surface area contributed by atoms with Gasteiger partial charge in [-0.3, -0.25) is 4.79 Å². The van der Waals surface area contributed by atoms with Crippen molar-refractivity contribution in [2.75, 3.05) is 14.1 Å². The van der Waals surface area contributed by atoms with Gasteiger partial charge < -0.3 is 15.3 Å². The van der Waals surface area contributed by atoms with Crippen LogP contribution in [0.25, 0.3) is 0 Å². The van der Waals surface area contributed by atoms with Crippen LogP contribution in [0.3, 0.4) is 0 Å². The van der Waals surface area contributed by atoms with Gasteiger partial charge in [-0.2, -0.15) is 0 Å². The fourth-order valence-electron chi connectivity index (χ4n) is 9.53. The first-order chi connectivity index (χ1) is 16.2. The van der Waals surface area contributed by atoms with Gasteiger partial charge in [0.15, 0.2) is 0 Å². The number of fused-ring (bicyclic) bond motifs is 5. The van der Waals surface area contributed by atoms with Gasteiger partial charge in [0.05, 0.1) is 12.1 Å². The van der Waals surface area contributed by atoms with Gasteiger partial charge in [0, 0.05) is 11.6 Å². The third-order valence-electron chi connectivity index (χ3n) is 11.6. The van der Waals surface area contributed by atoms with Crippen LogP contribution in [0.1, 0.15) is 82.5 Å². The summed E-state index contributed by atoms with van der Waals surface area (Å²) in [4.78, 5) is 15.2. The Hall–Kier alpha value is -1.39. The summed E-state index contributed by atoms with van der Waals surface area (Å²) in [6, 6.07) is 9.94. The molecule has 0 aliphatic heterocycles. The molecular weight excluding hydrogens is 420 g/mol. The van der Waals surface area contributed by atoms with E-state index < -0.39 is 6.10 Å². The number of nitrogens with zero attached hydrogens (tertiary/aromatic N) is 1. The first kappa shape index (κ1) is 24.3. The molecule has 4 nitrogen and oxygen atoms in total. The molecule has 0 bridgehead atoms. The molecule has 0 radical (unpaired) electrons. The molecule has 34 heavy (non-hydrogen) atoms. The summed E-state index contributed by atoms with van der Waals surface area (Å²) in [5.41, 5.74) is 1.34. The molecule has 10 atom stereocenters. The number of aliphatic hydroxyl groups is 1. The van der Waals surface area contributed by atoms with Gasteiger partial charge in [-0.1, -0.05) is 32.0 Å². The molecule has 0 spiro atoms. The van der Waals surface area contributed by atoms with Gasteiger partial charge in [-0.05, 0) is 125 Å². The molecule has 0 unspecified atom stereocenters. The van der Waals surface area contributed by atoms with Gasteiger partial charge in [0.2, 0.25) is 0 Å². The molecule has 4 aliphatic carbocycles. The van der Waals surface area contributed by atoms with Crippen molar-refractivity contribution < 1.29 is 9.90 Å². The Kier molecular flexibility index (Phi) is 6.38. The average Bonchev–Trinajstić information content (AvgIpc) is 3.18. The number of hydrogen-bond acceptors (Lipinski definition) is 3. The maximum Gasteiger partial charge on any atom is 0.251 e. The zero-order valence-corrected chi connectivity index (χ0v) is 22.0. The SMILES string of the molecule is C[C@@H]([C@@H]1CC[C@H]2[C@@H]3CC[C@@H]4[C@@H](O)[C@@H](NC(=O)c5ccccc5)CC[C@]4(C)[C@@H]3CC[C@@]21C)N(C)C. The zero-order valence-electron chi connectivity index (χ0n) is 22.0. The van der Waals surface area contributed by atoms with Gasteiger partial charge in [0.25, 0.3) is 5.91 Å². The van der Waals surface area contributed by atoms with Crippen LogP contribution >= 0.6 is 0 Å². The van der Waals surface area contributed by atoms with E-state index in [9.17, 15) is 9.90 Å². The molecule has 4 aliphatic rings. The number of benzene rings is 1. The van der Waals surface area contributed by atoms with Crippen LogP contribution in [-0.4, -0.2) is 48.2 Å². The molecule has 188 valence electrons. The van der Waals surface area contributed by atoms with Crippen molar-refractivity contribution in [3.63, 3.8) is 0 Å². The Morgan fingerprint density at radius 1 is 0.941 bits per heavy atom. The topological polar surface area (TPSA) is 52.6 Å². The molecule has 1 amide bonds. The first-order valence-electron chi connectivity index (χ1n) is 13.9. The fourth-order valence-corrected chi connectivity index (χ4v) is 9.53. The number of rotatable bonds is 4. The van der Waals surface area contributed by atoms with Crippen LogP contribution in [0, 0.1) is 40.4 Å². The molecule has 4 fully saturated rings. The molecule has 1 aromatic carbocycles. The number of aliphatic hydroxyl groups excluding tert-OH is 1. The predicted molar refractivity (Wildman–Crippen MR) is 137 cm³/mol. The number of carbonyl (C=O) groups is 1.